The van der Waals surface area contributed by atoms with Crippen LogP contribution in [-0.4, -0.2) is 19.8 Å². The van der Waals surface area contributed by atoms with Crippen molar-refractivity contribution >= 4 is 42.3 Å². The minimum atomic E-state index is -4.92. The zero-order valence-electron chi connectivity index (χ0n) is 8.05. The lowest BCUT2D eigenvalue weighted by molar-refractivity contribution is -0.275. The second-order valence-electron chi connectivity index (χ2n) is 2.85. The van der Waals surface area contributed by atoms with Crippen LogP contribution in [0.15, 0.2) is 11.2 Å². The van der Waals surface area contributed by atoms with Crippen LogP contribution < -0.4 is 4.74 Å². The van der Waals surface area contributed by atoms with Gasteiger partial charge in [0.1, 0.15) is 5.75 Å². The summed E-state index contributed by atoms with van der Waals surface area (Å²) in [4.78, 5) is 3.46. The van der Waals surface area contributed by atoms with E-state index in [1.165, 1.54) is 0 Å². The van der Waals surface area contributed by atoms with Gasteiger partial charge in [-0.2, -0.15) is 0 Å². The fraction of sp³-hybridized carbons (Fsp3) is 0.286. The van der Waals surface area contributed by atoms with Gasteiger partial charge in [0.25, 0.3) is 9.05 Å². The Bertz CT molecular complexity index is 546. The van der Waals surface area contributed by atoms with E-state index in [0.717, 1.165) is 13.1 Å². The van der Waals surface area contributed by atoms with Crippen molar-refractivity contribution in [3.63, 3.8) is 0 Å². The Morgan fingerprint density at radius 2 is 2.00 bits per heavy atom. The number of ether oxygens (including phenoxy) is 1. The van der Waals surface area contributed by atoms with E-state index in [-0.39, 0.29) is 9.13 Å². The van der Waals surface area contributed by atoms with Crippen LogP contribution >= 0.6 is 33.3 Å². The maximum Gasteiger partial charge on any atom is 0.573 e. The first-order valence-corrected chi connectivity index (χ1v) is 7.26. The molecule has 0 fully saturated rings. The van der Waals surface area contributed by atoms with Gasteiger partial charge in [-0.05, 0) is 29.5 Å². The number of pyridine rings is 1. The van der Waals surface area contributed by atoms with Gasteiger partial charge in [-0.25, -0.2) is 13.4 Å². The Hall–Kier alpha value is -0.290. The molecule has 0 saturated carbocycles. The lowest BCUT2D eigenvalue weighted by atomic mass is 10.3. The molecule has 0 saturated heterocycles. The molecule has 0 radical (unpaired) electrons. The van der Waals surface area contributed by atoms with Gasteiger partial charge in [0.15, 0.2) is 5.03 Å². The predicted octanol–water partition coefficient (Wildman–Crippen LogP) is 2.82. The molecule has 0 aliphatic rings. The van der Waals surface area contributed by atoms with Gasteiger partial charge >= 0.3 is 6.36 Å². The number of hydrogen-bond acceptors (Lipinski definition) is 4. The molecule has 0 N–H and O–H groups in total. The first-order valence-electron chi connectivity index (χ1n) is 3.88. The molecule has 0 aliphatic carbocycles. The second kappa shape index (κ2) is 4.76. The van der Waals surface area contributed by atoms with E-state index in [9.17, 15) is 21.6 Å². The van der Waals surface area contributed by atoms with Crippen LogP contribution in [0.2, 0.25) is 0 Å². The molecular formula is C7H4ClF3INO3S. The first kappa shape index (κ1) is 14.8. The lowest BCUT2D eigenvalue weighted by Gasteiger charge is -2.13. The Morgan fingerprint density at radius 1 is 1.47 bits per heavy atom. The maximum atomic E-state index is 12.1. The summed E-state index contributed by atoms with van der Waals surface area (Å²) in [5.41, 5.74) is -0.288. The van der Waals surface area contributed by atoms with E-state index in [1.807, 2.05) is 0 Å². The molecule has 1 aromatic rings. The Labute approximate surface area is 113 Å². The van der Waals surface area contributed by atoms with Crippen molar-refractivity contribution in [1.29, 1.82) is 0 Å². The highest BCUT2D eigenvalue weighted by atomic mass is 127. The average molecular weight is 402 g/mol. The zero-order valence-corrected chi connectivity index (χ0v) is 11.8. The largest absolute Gasteiger partial charge is 0.573 e. The van der Waals surface area contributed by atoms with E-state index >= 15 is 0 Å². The van der Waals surface area contributed by atoms with Crippen molar-refractivity contribution in [3.05, 3.63) is 15.3 Å². The fourth-order valence-electron chi connectivity index (χ4n) is 1.03. The Kier molecular flexibility index (Phi) is 4.14. The van der Waals surface area contributed by atoms with E-state index in [1.54, 1.807) is 22.6 Å². The summed E-state index contributed by atoms with van der Waals surface area (Å²) < 4.78 is 62.2. The summed E-state index contributed by atoms with van der Waals surface area (Å²) in [5.74, 6) is -0.618. The molecule has 1 aromatic heterocycles. The quantitative estimate of drug-likeness (QED) is 0.565. The number of halogens is 5. The van der Waals surface area contributed by atoms with Crippen LogP contribution in [-0.2, 0) is 9.05 Å². The van der Waals surface area contributed by atoms with Crippen molar-refractivity contribution in [2.24, 2.45) is 0 Å². The van der Waals surface area contributed by atoms with Gasteiger partial charge in [0.2, 0.25) is 0 Å². The fourth-order valence-corrected chi connectivity index (χ4v) is 2.79. The number of rotatable bonds is 2. The minimum absolute atomic E-state index is 0.0292. The molecule has 0 amide bonds. The summed E-state index contributed by atoms with van der Waals surface area (Å²) in [7, 11) is 0.812. The average Bonchev–Trinajstić information content (AvgIpc) is 2.08. The molecule has 17 heavy (non-hydrogen) atoms. The van der Waals surface area contributed by atoms with Crippen LogP contribution in [0.3, 0.4) is 0 Å². The van der Waals surface area contributed by atoms with Crippen molar-refractivity contribution in [2.45, 2.75) is 18.3 Å². The predicted molar refractivity (Wildman–Crippen MR) is 61.4 cm³/mol. The van der Waals surface area contributed by atoms with Gasteiger partial charge in [0.05, 0.1) is 3.57 Å². The Balaban J connectivity index is 3.41. The SMILES string of the molecule is Cc1c(S(=O)(=O)Cl)ncc(I)c1OC(F)(F)F. The highest BCUT2D eigenvalue weighted by Gasteiger charge is 2.34. The van der Waals surface area contributed by atoms with E-state index in [2.05, 4.69) is 9.72 Å². The smallest absolute Gasteiger partial charge is 0.404 e. The lowest BCUT2D eigenvalue weighted by Crippen LogP contribution is -2.19. The molecule has 0 aromatic carbocycles. The van der Waals surface area contributed by atoms with Crippen molar-refractivity contribution in [1.82, 2.24) is 4.98 Å². The van der Waals surface area contributed by atoms with Crippen molar-refractivity contribution < 1.29 is 26.3 Å². The zero-order chi connectivity index (χ0) is 13.4. The van der Waals surface area contributed by atoms with E-state index < -0.39 is 26.2 Å². The third-order valence-corrected chi connectivity index (χ3v) is 3.70. The van der Waals surface area contributed by atoms with E-state index in [4.69, 9.17) is 10.7 Å². The monoisotopic (exact) mass is 401 g/mol. The molecule has 0 unspecified atom stereocenters. The van der Waals surface area contributed by atoms with Crippen LogP contribution in [0, 0.1) is 10.5 Å². The maximum absolute atomic E-state index is 12.1. The van der Waals surface area contributed by atoms with Gasteiger partial charge in [0, 0.05) is 22.4 Å². The van der Waals surface area contributed by atoms with Crippen LogP contribution in [0.4, 0.5) is 13.2 Å². The molecule has 1 heterocycles. The molecule has 96 valence electrons. The standard InChI is InChI=1S/C7H4ClF3INO3S/c1-3-5(16-7(9,10)11)4(12)2-13-6(3)17(8,14)15/h2H,1H3. The van der Waals surface area contributed by atoms with Gasteiger partial charge < -0.3 is 4.74 Å². The molecule has 0 bridgehead atoms. The first-order chi connectivity index (χ1) is 7.52. The highest BCUT2D eigenvalue weighted by molar-refractivity contribution is 14.1. The van der Waals surface area contributed by atoms with Gasteiger partial charge in [-0.15, -0.1) is 13.2 Å². The molecule has 10 heteroatoms. The molecular weight excluding hydrogens is 397 g/mol. The Morgan fingerprint density at radius 3 is 2.41 bits per heavy atom. The molecule has 0 aliphatic heterocycles. The summed E-state index contributed by atoms with van der Waals surface area (Å²) >= 11 is 1.55. The molecule has 0 spiro atoms. The van der Waals surface area contributed by atoms with E-state index in [0.29, 0.717) is 0 Å². The van der Waals surface area contributed by atoms with Gasteiger partial charge in [-0.1, -0.05) is 0 Å². The van der Waals surface area contributed by atoms with Crippen molar-refractivity contribution in [2.75, 3.05) is 0 Å². The molecule has 1 rings (SSSR count). The number of nitrogens with zero attached hydrogens (tertiary/aromatic N) is 1. The van der Waals surface area contributed by atoms with Gasteiger partial charge in [-0.3, -0.25) is 0 Å². The summed E-state index contributed by atoms with van der Waals surface area (Å²) in [6.07, 6.45) is -3.98. The third kappa shape index (κ3) is 3.85. The third-order valence-electron chi connectivity index (χ3n) is 1.62. The van der Waals surface area contributed by atoms with Crippen LogP contribution in [0.1, 0.15) is 5.56 Å². The molecule has 4 nitrogen and oxygen atoms in total. The topological polar surface area (TPSA) is 56.3 Å². The normalized spacial score (nSPS) is 12.6. The van der Waals surface area contributed by atoms with Crippen LogP contribution in [0.25, 0.3) is 0 Å². The van der Waals surface area contributed by atoms with Crippen LogP contribution in [0.5, 0.6) is 5.75 Å². The summed E-state index contributed by atoms with van der Waals surface area (Å²) in [6, 6.07) is 0. The summed E-state index contributed by atoms with van der Waals surface area (Å²) in [5, 5.41) is -0.654. The van der Waals surface area contributed by atoms with Crippen molar-refractivity contribution in [3.8, 4) is 5.75 Å². The highest BCUT2D eigenvalue weighted by Crippen LogP contribution is 2.33. The number of alkyl halides is 3. The summed E-state index contributed by atoms with van der Waals surface area (Å²) in [6.45, 7) is 1.13. The molecule has 0 atom stereocenters. The minimum Gasteiger partial charge on any atom is -0.404 e. The second-order valence-corrected chi connectivity index (χ2v) is 6.49. The number of hydrogen-bond donors (Lipinski definition) is 0. The number of aromatic nitrogens is 1.